The van der Waals surface area contributed by atoms with E-state index in [0.717, 1.165) is 31.6 Å². The number of benzene rings is 2. The first kappa shape index (κ1) is 39.4. The van der Waals surface area contributed by atoms with Gasteiger partial charge in [-0.15, -0.1) is 0 Å². The van der Waals surface area contributed by atoms with Crippen molar-refractivity contribution in [1.82, 2.24) is 0 Å². The van der Waals surface area contributed by atoms with Gasteiger partial charge in [0, 0.05) is 0 Å². The van der Waals surface area contributed by atoms with Crippen molar-refractivity contribution in [2.45, 2.75) is 135 Å². The summed E-state index contributed by atoms with van der Waals surface area (Å²) in [4.78, 5) is 48.6. The fourth-order valence-corrected chi connectivity index (χ4v) is 8.13. The number of hydrogen-bond acceptors (Lipinski definition) is 7. The molecule has 2 N–H and O–H groups in total. The molecule has 0 heterocycles. The molecular weight excluding hydrogens is 671 g/mol. The van der Waals surface area contributed by atoms with Gasteiger partial charge in [-0.25, -0.2) is 0 Å². The Morgan fingerprint density at radius 3 is 1.15 bits per heavy atom. The zero-order valence-electron chi connectivity index (χ0n) is 29.3. The van der Waals surface area contributed by atoms with E-state index in [1.807, 2.05) is 0 Å². The SMILES string of the molecule is CC(C)(C)c1cc(S[Se]c2cc(C(C)(C)C)c(OC(=O)CCC(=O)O)c(C(C)(C)C)c2)cc(C(C)(C)C)c1OC(=O)CCC(=O)O. The molecule has 2 aromatic rings. The van der Waals surface area contributed by atoms with Crippen LogP contribution in [0.2, 0.25) is 0 Å². The average molecular weight is 722 g/mol. The first-order valence-corrected chi connectivity index (χ1v) is 19.1. The van der Waals surface area contributed by atoms with Crippen LogP contribution in [0.25, 0.3) is 0 Å². The molecule has 0 aliphatic carbocycles. The van der Waals surface area contributed by atoms with Crippen LogP contribution in [0.5, 0.6) is 11.5 Å². The van der Waals surface area contributed by atoms with E-state index in [0.29, 0.717) is 11.5 Å². The van der Waals surface area contributed by atoms with Gasteiger partial charge in [0.15, 0.2) is 0 Å². The zero-order chi connectivity index (χ0) is 35.4. The topological polar surface area (TPSA) is 127 Å². The molecule has 0 fully saturated rings. The quantitative estimate of drug-likeness (QED) is 0.138. The Balaban J connectivity index is 2.63. The Hall–Kier alpha value is -2.81. The molecule has 0 radical (unpaired) electrons. The van der Waals surface area contributed by atoms with Crippen LogP contribution >= 0.6 is 10.2 Å². The van der Waals surface area contributed by atoms with Crippen LogP contribution in [-0.2, 0) is 40.8 Å². The zero-order valence-corrected chi connectivity index (χ0v) is 31.8. The van der Waals surface area contributed by atoms with Crippen molar-refractivity contribution in [3.8, 4) is 11.5 Å². The van der Waals surface area contributed by atoms with Crippen molar-refractivity contribution in [1.29, 1.82) is 0 Å². The summed E-state index contributed by atoms with van der Waals surface area (Å²) >= 11 is -0.101. The number of carbonyl (C=O) groups excluding carboxylic acids is 2. The van der Waals surface area contributed by atoms with Crippen molar-refractivity contribution in [2.24, 2.45) is 0 Å². The molecule has 8 nitrogen and oxygen atoms in total. The van der Waals surface area contributed by atoms with Crippen molar-refractivity contribution in [2.75, 3.05) is 0 Å². The number of aliphatic carboxylic acids is 2. The molecule has 0 amide bonds. The molecule has 0 saturated heterocycles. The fourth-order valence-electron chi connectivity index (χ4n) is 4.59. The summed E-state index contributed by atoms with van der Waals surface area (Å²) in [6, 6.07) is 8.32. The third-order valence-electron chi connectivity index (χ3n) is 7.11. The normalized spacial score (nSPS) is 12.5. The van der Waals surface area contributed by atoms with Gasteiger partial charge in [0.25, 0.3) is 0 Å². The molecule has 0 saturated carbocycles. The van der Waals surface area contributed by atoms with E-state index in [2.05, 4.69) is 107 Å². The van der Waals surface area contributed by atoms with Crippen LogP contribution in [-0.4, -0.2) is 47.9 Å². The predicted molar refractivity (Wildman–Crippen MR) is 184 cm³/mol. The number of ether oxygens (including phenoxy) is 2. The molecule has 0 unspecified atom stereocenters. The van der Waals surface area contributed by atoms with Crippen LogP contribution in [0.15, 0.2) is 29.2 Å². The van der Waals surface area contributed by atoms with Crippen molar-refractivity contribution in [3.05, 3.63) is 46.5 Å². The second kappa shape index (κ2) is 15.0. The third kappa shape index (κ3) is 11.5. The van der Waals surface area contributed by atoms with E-state index in [-0.39, 0.29) is 61.2 Å². The summed E-state index contributed by atoms with van der Waals surface area (Å²) in [5, 5.41) is 18.1. The maximum atomic E-state index is 12.7. The number of carboxylic acid groups (broad SMARTS) is 2. The summed E-state index contributed by atoms with van der Waals surface area (Å²) in [6.07, 6.45) is -1.00. The standard InChI is InChI=1S/C36H50O8SSe/c1-33(2,3)23-17-21(18-24(34(4,5)6)31(23)43-29(41)15-13-27(37)38)45-46-22-19-25(35(7,8)9)32(26(20-22)36(10,11)12)44-30(42)16-14-28(39)40/h17-20H,13-16H2,1-12H3,(H,37,38)(H,39,40). The Bertz CT molecular complexity index is 1290. The average Bonchev–Trinajstić information content (AvgIpc) is 2.87. The molecule has 2 rings (SSSR count). The molecule has 0 aliphatic rings. The van der Waals surface area contributed by atoms with E-state index >= 15 is 0 Å². The van der Waals surface area contributed by atoms with Crippen LogP contribution in [0.1, 0.15) is 131 Å². The third-order valence-corrected chi connectivity index (χ3v) is 11.3. The monoisotopic (exact) mass is 722 g/mol. The molecule has 0 aliphatic heterocycles. The van der Waals surface area contributed by atoms with E-state index in [9.17, 15) is 19.2 Å². The molecular formula is C36H50O8SSe. The van der Waals surface area contributed by atoms with Gasteiger partial charge < -0.3 is 0 Å². The minimum atomic E-state index is -1.05. The van der Waals surface area contributed by atoms with Gasteiger partial charge in [0.05, 0.1) is 0 Å². The Labute approximate surface area is 283 Å². The summed E-state index contributed by atoms with van der Waals surface area (Å²) in [6.45, 7) is 24.7. The van der Waals surface area contributed by atoms with E-state index in [1.54, 1.807) is 10.2 Å². The first-order valence-electron chi connectivity index (χ1n) is 15.4. The molecule has 10 heteroatoms. The van der Waals surface area contributed by atoms with Gasteiger partial charge in [-0.2, -0.15) is 0 Å². The number of hydrogen-bond donors (Lipinski definition) is 2. The number of esters is 2. The van der Waals surface area contributed by atoms with Gasteiger partial charge in [-0.05, 0) is 0 Å². The second-order valence-corrected chi connectivity index (χ2v) is 19.5. The van der Waals surface area contributed by atoms with Crippen LogP contribution < -0.4 is 13.9 Å². The summed E-state index contributed by atoms with van der Waals surface area (Å²) in [5.74, 6) is -2.25. The van der Waals surface area contributed by atoms with Gasteiger partial charge in [0.2, 0.25) is 0 Å². The van der Waals surface area contributed by atoms with Gasteiger partial charge in [-0.3, -0.25) is 0 Å². The van der Waals surface area contributed by atoms with Crippen LogP contribution in [0.3, 0.4) is 0 Å². The van der Waals surface area contributed by atoms with Gasteiger partial charge >= 0.3 is 285 Å². The van der Waals surface area contributed by atoms with Gasteiger partial charge in [0.1, 0.15) is 0 Å². The van der Waals surface area contributed by atoms with Gasteiger partial charge in [-0.1, -0.05) is 0 Å². The molecule has 254 valence electrons. The van der Waals surface area contributed by atoms with Crippen LogP contribution in [0.4, 0.5) is 0 Å². The molecule has 2 aromatic carbocycles. The second-order valence-electron chi connectivity index (χ2n) is 15.6. The maximum absolute atomic E-state index is 12.7. The first-order chi connectivity index (χ1) is 20.8. The van der Waals surface area contributed by atoms with E-state index in [1.165, 1.54) is 0 Å². The summed E-state index contributed by atoms with van der Waals surface area (Å²) < 4.78 is 12.9. The van der Waals surface area contributed by atoms with Crippen molar-refractivity contribution < 1.29 is 38.9 Å². The summed E-state index contributed by atoms with van der Waals surface area (Å²) in [7, 11) is 1.72. The number of rotatable bonds is 11. The molecule has 0 spiro atoms. The Morgan fingerprint density at radius 2 is 0.870 bits per heavy atom. The van der Waals surface area contributed by atoms with Crippen LogP contribution in [0, 0.1) is 0 Å². The molecule has 0 bridgehead atoms. The fraction of sp³-hybridized carbons (Fsp3) is 0.556. The Kier molecular flexibility index (Phi) is 12.8. The minimum absolute atomic E-state index is 0.101. The van der Waals surface area contributed by atoms with Crippen molar-refractivity contribution in [3.63, 3.8) is 0 Å². The molecule has 0 aromatic heterocycles. The number of carboxylic acids is 2. The van der Waals surface area contributed by atoms with E-state index in [4.69, 9.17) is 19.7 Å². The molecule has 0 atom stereocenters. The number of carbonyl (C=O) groups is 4. The molecule has 46 heavy (non-hydrogen) atoms. The predicted octanol–water partition coefficient (Wildman–Crippen LogP) is 7.45. The summed E-state index contributed by atoms with van der Waals surface area (Å²) in [5.41, 5.74) is 2.07. The van der Waals surface area contributed by atoms with Crippen molar-refractivity contribution >= 4 is 52.4 Å². The van der Waals surface area contributed by atoms with E-state index < -0.39 is 23.9 Å². The Morgan fingerprint density at radius 1 is 0.565 bits per heavy atom.